The van der Waals surface area contributed by atoms with Gasteiger partial charge in [-0.2, -0.15) is 0 Å². The SMILES string of the molecule is COc1cc2c(cc1OC(C)C)[C@H](c1ccc(Cl)cc1)N(c1ccc(C(C)(O)C3C4CC5CC(C4)CC3C5)cc1)C(=O)C2. The molecule has 4 bridgehead atoms. The number of amides is 1. The first-order valence-corrected chi connectivity index (χ1v) is 16.3. The van der Waals surface area contributed by atoms with Crippen LogP contribution in [0.2, 0.25) is 5.02 Å². The molecule has 0 radical (unpaired) electrons. The van der Waals surface area contributed by atoms with Crippen molar-refractivity contribution in [2.24, 2.45) is 29.6 Å². The van der Waals surface area contributed by atoms with Gasteiger partial charge in [0.2, 0.25) is 5.91 Å². The Morgan fingerprint density at radius 1 is 0.907 bits per heavy atom. The molecule has 1 amide bonds. The monoisotopic (exact) mass is 599 g/mol. The Morgan fingerprint density at radius 3 is 2.12 bits per heavy atom. The average molecular weight is 600 g/mol. The van der Waals surface area contributed by atoms with Gasteiger partial charge in [-0.05, 0) is 141 Å². The van der Waals surface area contributed by atoms with Gasteiger partial charge in [-0.3, -0.25) is 4.79 Å². The summed E-state index contributed by atoms with van der Waals surface area (Å²) < 4.78 is 11.8. The number of nitrogens with zero attached hydrogens (tertiary/aromatic N) is 1. The lowest BCUT2D eigenvalue weighted by Gasteiger charge is -2.58. The van der Waals surface area contributed by atoms with Crippen molar-refractivity contribution in [1.29, 1.82) is 0 Å². The standard InChI is InChI=1S/C37H42ClNO4/c1-21(2)43-33-20-31-25(18-32(33)42-4)19-34(40)39(36(31)24-5-9-29(38)10-6-24)30-11-7-28(8-12-30)37(3,41)35-26-14-22-13-23(16-26)17-27(35)15-22/h5-12,18,20-23,26-27,35-36,41H,13-17,19H2,1-4H3/t22?,23?,26?,27?,35?,36-,37?/m0/s1. The lowest BCUT2D eigenvalue weighted by Crippen LogP contribution is -2.52. The van der Waals surface area contributed by atoms with Gasteiger partial charge in [-0.25, -0.2) is 0 Å². The zero-order valence-electron chi connectivity index (χ0n) is 25.6. The third kappa shape index (κ3) is 5.03. The van der Waals surface area contributed by atoms with Crippen molar-refractivity contribution in [3.05, 3.63) is 87.9 Å². The fourth-order valence-electron chi connectivity index (χ4n) is 9.32. The van der Waals surface area contributed by atoms with E-state index in [9.17, 15) is 9.90 Å². The summed E-state index contributed by atoms with van der Waals surface area (Å²) in [6.07, 6.45) is 6.69. The van der Waals surface area contributed by atoms with Crippen molar-refractivity contribution in [1.82, 2.24) is 0 Å². The van der Waals surface area contributed by atoms with Crippen LogP contribution in [-0.4, -0.2) is 24.2 Å². The molecule has 0 aromatic heterocycles. The van der Waals surface area contributed by atoms with Gasteiger partial charge in [-0.15, -0.1) is 0 Å². The van der Waals surface area contributed by atoms with Crippen LogP contribution < -0.4 is 14.4 Å². The molecule has 43 heavy (non-hydrogen) atoms. The Bertz CT molecular complexity index is 1480. The molecule has 1 N–H and O–H groups in total. The number of aliphatic hydroxyl groups is 1. The molecule has 4 aliphatic carbocycles. The van der Waals surface area contributed by atoms with Gasteiger partial charge in [0.05, 0.1) is 31.3 Å². The summed E-state index contributed by atoms with van der Waals surface area (Å²) in [5, 5.41) is 12.7. The lowest BCUT2D eigenvalue weighted by molar-refractivity contribution is -0.139. The van der Waals surface area contributed by atoms with Gasteiger partial charge in [-0.1, -0.05) is 35.9 Å². The Morgan fingerprint density at radius 2 is 1.53 bits per heavy atom. The highest BCUT2D eigenvalue weighted by Crippen LogP contribution is 2.60. The normalized spacial score (nSPS) is 29.0. The van der Waals surface area contributed by atoms with E-state index in [1.165, 1.54) is 32.1 Å². The number of carbonyl (C=O) groups is 1. The highest BCUT2D eigenvalue weighted by molar-refractivity contribution is 6.30. The summed E-state index contributed by atoms with van der Waals surface area (Å²) in [5.41, 5.74) is 3.75. The second kappa shape index (κ2) is 10.9. The molecule has 5 nitrogen and oxygen atoms in total. The van der Waals surface area contributed by atoms with E-state index in [0.29, 0.717) is 34.3 Å². The quantitative estimate of drug-likeness (QED) is 0.298. The third-order valence-electron chi connectivity index (χ3n) is 10.7. The summed E-state index contributed by atoms with van der Waals surface area (Å²) in [6, 6.07) is 19.4. The maximum absolute atomic E-state index is 13.9. The van der Waals surface area contributed by atoms with Crippen LogP contribution >= 0.6 is 11.6 Å². The van der Waals surface area contributed by atoms with Crippen LogP contribution in [0.5, 0.6) is 11.5 Å². The van der Waals surface area contributed by atoms with E-state index in [0.717, 1.165) is 39.8 Å². The van der Waals surface area contributed by atoms with E-state index in [1.54, 1.807) is 7.11 Å². The number of hydrogen-bond donors (Lipinski definition) is 1. The first-order chi connectivity index (χ1) is 20.6. The maximum Gasteiger partial charge on any atom is 0.232 e. The van der Waals surface area contributed by atoms with Gasteiger partial charge >= 0.3 is 0 Å². The number of anilines is 1. The third-order valence-corrected chi connectivity index (χ3v) is 11.0. The molecule has 1 heterocycles. The van der Waals surface area contributed by atoms with E-state index in [4.69, 9.17) is 21.1 Å². The van der Waals surface area contributed by atoms with Crippen molar-refractivity contribution in [3.8, 4) is 11.5 Å². The van der Waals surface area contributed by atoms with Crippen LogP contribution in [0, 0.1) is 29.6 Å². The van der Waals surface area contributed by atoms with Gasteiger partial charge < -0.3 is 19.5 Å². The number of rotatable bonds is 7. The first kappa shape index (κ1) is 28.7. The molecule has 1 unspecified atom stereocenters. The van der Waals surface area contributed by atoms with Gasteiger partial charge in [0.1, 0.15) is 0 Å². The van der Waals surface area contributed by atoms with Crippen LogP contribution in [0.3, 0.4) is 0 Å². The summed E-state index contributed by atoms with van der Waals surface area (Å²) in [5.74, 6) is 4.53. The molecule has 6 heteroatoms. The Hall–Kier alpha value is -3.02. The fourth-order valence-corrected chi connectivity index (χ4v) is 9.45. The minimum atomic E-state index is -0.894. The van der Waals surface area contributed by atoms with Crippen molar-refractivity contribution in [2.75, 3.05) is 12.0 Å². The fraction of sp³-hybridized carbons (Fsp3) is 0.486. The molecule has 4 saturated carbocycles. The predicted molar refractivity (Wildman–Crippen MR) is 170 cm³/mol. The zero-order chi connectivity index (χ0) is 30.0. The van der Waals surface area contributed by atoms with Crippen molar-refractivity contribution in [2.45, 2.75) is 77.0 Å². The second-order valence-electron chi connectivity index (χ2n) is 13.9. The molecule has 4 fully saturated rings. The largest absolute Gasteiger partial charge is 0.493 e. The van der Waals surface area contributed by atoms with E-state index >= 15 is 0 Å². The molecular weight excluding hydrogens is 558 g/mol. The predicted octanol–water partition coefficient (Wildman–Crippen LogP) is 8.09. The highest BCUT2D eigenvalue weighted by Gasteiger charge is 2.54. The van der Waals surface area contributed by atoms with Crippen LogP contribution in [0.25, 0.3) is 0 Å². The second-order valence-corrected chi connectivity index (χ2v) is 14.4. The van der Waals surface area contributed by atoms with Crippen molar-refractivity contribution < 1.29 is 19.4 Å². The van der Waals surface area contributed by atoms with E-state index in [1.807, 2.05) is 86.3 Å². The average Bonchev–Trinajstić information content (AvgIpc) is 2.96. The van der Waals surface area contributed by atoms with Gasteiger partial charge in [0.25, 0.3) is 0 Å². The molecule has 226 valence electrons. The lowest BCUT2D eigenvalue weighted by atomic mass is 9.48. The van der Waals surface area contributed by atoms with Crippen LogP contribution in [0.4, 0.5) is 5.69 Å². The zero-order valence-corrected chi connectivity index (χ0v) is 26.3. The Labute approximate surface area is 260 Å². The summed E-state index contributed by atoms with van der Waals surface area (Å²) in [6.45, 7) is 6.01. The first-order valence-electron chi connectivity index (χ1n) is 15.9. The molecule has 0 saturated heterocycles. The summed E-state index contributed by atoms with van der Waals surface area (Å²) in [4.78, 5) is 15.8. The van der Waals surface area contributed by atoms with Gasteiger partial charge in [0, 0.05) is 10.7 Å². The van der Waals surface area contributed by atoms with Crippen LogP contribution in [-0.2, 0) is 16.8 Å². The highest BCUT2D eigenvalue weighted by atomic mass is 35.5. The minimum absolute atomic E-state index is 0.00702. The number of halogens is 1. The molecule has 2 atom stereocenters. The molecule has 5 aliphatic rings. The number of methoxy groups -OCH3 is 1. The molecule has 3 aromatic carbocycles. The van der Waals surface area contributed by atoms with Gasteiger partial charge in [0.15, 0.2) is 11.5 Å². The smallest absolute Gasteiger partial charge is 0.232 e. The van der Waals surface area contributed by atoms with Crippen molar-refractivity contribution >= 4 is 23.2 Å². The molecule has 0 spiro atoms. The Kier molecular flexibility index (Phi) is 7.25. The molecular formula is C37H42ClNO4. The number of ether oxygens (including phenoxy) is 2. The number of carbonyl (C=O) groups excluding carboxylic acids is 1. The number of benzene rings is 3. The van der Waals surface area contributed by atoms with E-state index < -0.39 is 5.60 Å². The molecule has 3 aromatic rings. The summed E-state index contributed by atoms with van der Waals surface area (Å²) >= 11 is 6.28. The molecule has 8 rings (SSSR count). The number of fused-ring (bicyclic) bond motifs is 1. The molecule has 1 aliphatic heterocycles. The van der Waals surface area contributed by atoms with Crippen LogP contribution in [0.15, 0.2) is 60.7 Å². The number of hydrogen-bond acceptors (Lipinski definition) is 4. The van der Waals surface area contributed by atoms with E-state index in [2.05, 4.69) is 0 Å². The van der Waals surface area contributed by atoms with E-state index in [-0.39, 0.29) is 24.5 Å². The topological polar surface area (TPSA) is 59.0 Å². The minimum Gasteiger partial charge on any atom is -0.493 e. The summed E-state index contributed by atoms with van der Waals surface area (Å²) in [7, 11) is 1.63. The van der Waals surface area contributed by atoms with Crippen molar-refractivity contribution in [3.63, 3.8) is 0 Å². The Balaban J connectivity index is 1.26. The van der Waals surface area contributed by atoms with Crippen LogP contribution in [0.1, 0.15) is 81.2 Å². The maximum atomic E-state index is 13.9.